The van der Waals surface area contributed by atoms with Gasteiger partial charge in [-0.05, 0) is 31.0 Å². The number of piperidine rings is 2. The van der Waals surface area contributed by atoms with Gasteiger partial charge >= 0.3 is 6.03 Å². The van der Waals surface area contributed by atoms with E-state index in [-0.39, 0.29) is 17.9 Å². The number of anilines is 1. The Morgan fingerprint density at radius 3 is 3.00 bits per heavy atom. The second kappa shape index (κ2) is 5.73. The highest BCUT2D eigenvalue weighted by Gasteiger charge is 2.39. The summed E-state index contributed by atoms with van der Waals surface area (Å²) in [7, 11) is 1.55. The fraction of sp³-hybridized carbons (Fsp3) is 0.467. The molecule has 3 amide bonds. The summed E-state index contributed by atoms with van der Waals surface area (Å²) in [5, 5.41) is 6.02. The van der Waals surface area contributed by atoms with Crippen LogP contribution in [0, 0.1) is 11.8 Å². The summed E-state index contributed by atoms with van der Waals surface area (Å²) in [5.74, 6) is 0.758. The highest BCUT2D eigenvalue weighted by Crippen LogP contribution is 2.28. The zero-order chi connectivity index (χ0) is 14.8. The van der Waals surface area contributed by atoms with E-state index in [0.29, 0.717) is 30.4 Å². The van der Waals surface area contributed by atoms with Crippen LogP contribution in [0.1, 0.15) is 6.42 Å². The normalized spacial score (nSPS) is 24.6. The lowest BCUT2D eigenvalue weighted by atomic mass is 9.85. The number of nitrogens with zero attached hydrogens (tertiary/aromatic N) is 1. The molecular formula is C15H19N3O3. The second-order valence-electron chi connectivity index (χ2n) is 5.54. The van der Waals surface area contributed by atoms with Crippen LogP contribution in [-0.4, -0.2) is 43.6 Å². The smallest absolute Gasteiger partial charge is 0.328 e. The number of imide groups is 1. The largest absolute Gasteiger partial charge is 0.495 e. The number of fused-ring (bicyclic) bond motifs is 2. The van der Waals surface area contributed by atoms with Gasteiger partial charge in [0.25, 0.3) is 0 Å². The predicted octanol–water partition coefficient (Wildman–Crippen LogP) is 1.29. The number of amides is 3. The number of ether oxygens (including phenoxy) is 1. The van der Waals surface area contributed by atoms with Crippen molar-refractivity contribution in [1.29, 1.82) is 0 Å². The van der Waals surface area contributed by atoms with Crippen LogP contribution in [-0.2, 0) is 4.79 Å². The van der Waals surface area contributed by atoms with E-state index in [1.165, 1.54) is 4.90 Å². The molecule has 1 aromatic rings. The van der Waals surface area contributed by atoms with Gasteiger partial charge in [0.05, 0.1) is 18.7 Å². The van der Waals surface area contributed by atoms with Gasteiger partial charge in [-0.15, -0.1) is 0 Å². The van der Waals surface area contributed by atoms with Crippen molar-refractivity contribution < 1.29 is 14.3 Å². The molecule has 2 N–H and O–H groups in total. The van der Waals surface area contributed by atoms with Crippen LogP contribution in [0.3, 0.4) is 0 Å². The molecule has 6 nitrogen and oxygen atoms in total. The Morgan fingerprint density at radius 2 is 2.19 bits per heavy atom. The van der Waals surface area contributed by atoms with Crippen molar-refractivity contribution >= 4 is 17.6 Å². The molecular weight excluding hydrogens is 270 g/mol. The number of hydrogen-bond acceptors (Lipinski definition) is 4. The van der Waals surface area contributed by atoms with Crippen molar-refractivity contribution in [2.75, 3.05) is 32.1 Å². The lowest BCUT2D eigenvalue weighted by molar-refractivity contribution is -0.137. The minimum atomic E-state index is -0.374. The van der Waals surface area contributed by atoms with Gasteiger partial charge in [-0.25, -0.2) is 4.79 Å². The van der Waals surface area contributed by atoms with Gasteiger partial charge < -0.3 is 15.4 Å². The van der Waals surface area contributed by atoms with E-state index in [0.717, 1.165) is 13.0 Å². The van der Waals surface area contributed by atoms with Crippen molar-refractivity contribution in [3.63, 3.8) is 0 Å². The Bertz CT molecular complexity index is 561. The number of para-hydroxylation sites is 2. The molecule has 0 spiro atoms. The van der Waals surface area contributed by atoms with E-state index in [1.54, 1.807) is 19.2 Å². The Balaban J connectivity index is 1.74. The van der Waals surface area contributed by atoms with Crippen molar-refractivity contribution in [1.82, 2.24) is 10.2 Å². The molecule has 1 aromatic carbocycles. The molecule has 3 rings (SSSR count). The Morgan fingerprint density at radius 1 is 1.38 bits per heavy atom. The van der Waals surface area contributed by atoms with E-state index in [1.807, 2.05) is 12.1 Å². The maximum absolute atomic E-state index is 12.4. The van der Waals surface area contributed by atoms with E-state index in [2.05, 4.69) is 10.6 Å². The number of rotatable bonds is 2. The third-order valence-corrected chi connectivity index (χ3v) is 4.09. The average Bonchev–Trinajstić information content (AvgIpc) is 2.51. The van der Waals surface area contributed by atoms with Gasteiger partial charge in [-0.2, -0.15) is 0 Å². The van der Waals surface area contributed by atoms with Gasteiger partial charge in [0, 0.05) is 13.1 Å². The Labute approximate surface area is 123 Å². The molecule has 2 aliphatic rings. The number of likely N-dealkylation sites (tertiary alicyclic amines) is 1. The van der Waals surface area contributed by atoms with Crippen LogP contribution in [0.25, 0.3) is 0 Å². The molecule has 6 heteroatoms. The molecule has 0 radical (unpaired) electrons. The average molecular weight is 289 g/mol. The van der Waals surface area contributed by atoms with Gasteiger partial charge in [-0.1, -0.05) is 12.1 Å². The molecule has 2 heterocycles. The van der Waals surface area contributed by atoms with Crippen LogP contribution in [0.4, 0.5) is 10.5 Å². The molecule has 2 saturated heterocycles. The number of urea groups is 1. The zero-order valence-electron chi connectivity index (χ0n) is 12.0. The van der Waals surface area contributed by atoms with Crippen LogP contribution < -0.4 is 15.4 Å². The summed E-state index contributed by atoms with van der Waals surface area (Å²) >= 11 is 0. The zero-order valence-corrected chi connectivity index (χ0v) is 12.0. The first-order valence-corrected chi connectivity index (χ1v) is 7.15. The molecule has 2 atom stereocenters. The predicted molar refractivity (Wildman–Crippen MR) is 78.2 cm³/mol. The third kappa shape index (κ3) is 2.71. The van der Waals surface area contributed by atoms with Crippen LogP contribution in [0.5, 0.6) is 5.75 Å². The number of benzene rings is 1. The van der Waals surface area contributed by atoms with E-state index < -0.39 is 0 Å². The maximum atomic E-state index is 12.4. The highest BCUT2D eigenvalue weighted by molar-refractivity contribution is 6.03. The molecule has 0 saturated carbocycles. The lowest BCUT2D eigenvalue weighted by Crippen LogP contribution is -2.57. The fourth-order valence-corrected chi connectivity index (χ4v) is 3.04. The number of methoxy groups -OCH3 is 1. The number of carbonyl (C=O) groups is 2. The Kier molecular flexibility index (Phi) is 3.79. The summed E-state index contributed by atoms with van der Waals surface area (Å²) < 4.78 is 5.21. The second-order valence-corrected chi connectivity index (χ2v) is 5.54. The first-order valence-electron chi connectivity index (χ1n) is 7.15. The number of carbonyl (C=O) groups excluding carboxylic acids is 2. The monoisotopic (exact) mass is 289 g/mol. The summed E-state index contributed by atoms with van der Waals surface area (Å²) in [5.41, 5.74) is 0.576. The molecule has 2 bridgehead atoms. The van der Waals surface area contributed by atoms with Crippen LogP contribution in [0.15, 0.2) is 24.3 Å². The molecule has 0 aromatic heterocycles. The van der Waals surface area contributed by atoms with E-state index in [9.17, 15) is 9.59 Å². The first kappa shape index (κ1) is 13.9. The molecule has 112 valence electrons. The van der Waals surface area contributed by atoms with E-state index >= 15 is 0 Å². The number of hydrogen-bond donors (Lipinski definition) is 2. The summed E-state index contributed by atoms with van der Waals surface area (Å²) in [6.45, 7) is 2.00. The standard InChI is InChI=1S/C15H19N3O3/c1-21-13-5-3-2-4-12(13)17-15(20)18-9-10-6-11(14(18)19)8-16-7-10/h2-5,10-11,16H,6-9H2,1H3,(H,17,20). The quantitative estimate of drug-likeness (QED) is 0.861. The fourth-order valence-electron chi connectivity index (χ4n) is 3.04. The maximum Gasteiger partial charge on any atom is 0.328 e. The molecule has 2 fully saturated rings. The minimum Gasteiger partial charge on any atom is -0.495 e. The number of nitrogens with one attached hydrogen (secondary N) is 2. The first-order chi connectivity index (χ1) is 10.2. The molecule has 21 heavy (non-hydrogen) atoms. The van der Waals surface area contributed by atoms with Gasteiger partial charge in [0.1, 0.15) is 5.75 Å². The minimum absolute atomic E-state index is 0.0825. The van der Waals surface area contributed by atoms with Crippen molar-refractivity contribution in [3.05, 3.63) is 24.3 Å². The van der Waals surface area contributed by atoms with Crippen LogP contribution in [0.2, 0.25) is 0 Å². The summed E-state index contributed by atoms with van der Waals surface area (Å²) in [6, 6.07) is 6.80. The van der Waals surface area contributed by atoms with Crippen LogP contribution >= 0.6 is 0 Å². The van der Waals surface area contributed by atoms with Crippen molar-refractivity contribution in [2.24, 2.45) is 11.8 Å². The Hall–Kier alpha value is -2.08. The van der Waals surface area contributed by atoms with E-state index in [4.69, 9.17) is 4.74 Å². The molecule has 2 unspecified atom stereocenters. The molecule has 0 aliphatic carbocycles. The molecule has 2 aliphatic heterocycles. The van der Waals surface area contributed by atoms with Crippen molar-refractivity contribution in [3.8, 4) is 5.75 Å². The third-order valence-electron chi connectivity index (χ3n) is 4.09. The van der Waals surface area contributed by atoms with Gasteiger partial charge in [0.2, 0.25) is 5.91 Å². The summed E-state index contributed by atoms with van der Waals surface area (Å²) in [6.07, 6.45) is 0.879. The van der Waals surface area contributed by atoms with Gasteiger partial charge in [0.15, 0.2) is 0 Å². The van der Waals surface area contributed by atoms with Crippen molar-refractivity contribution in [2.45, 2.75) is 6.42 Å². The van der Waals surface area contributed by atoms with Gasteiger partial charge in [-0.3, -0.25) is 9.69 Å². The SMILES string of the molecule is COc1ccccc1NC(=O)N1CC2CNCC(C2)C1=O. The topological polar surface area (TPSA) is 70.7 Å². The highest BCUT2D eigenvalue weighted by atomic mass is 16.5. The lowest BCUT2D eigenvalue weighted by Gasteiger charge is -2.39. The summed E-state index contributed by atoms with van der Waals surface area (Å²) in [4.78, 5) is 26.1.